The third-order valence-electron chi connectivity index (χ3n) is 3.61. The summed E-state index contributed by atoms with van der Waals surface area (Å²) in [5, 5.41) is 26.0. The smallest absolute Gasteiger partial charge is 0.320 e. The molecule has 2 aromatic rings. The van der Waals surface area contributed by atoms with Gasteiger partial charge in [-0.05, 0) is 42.5 Å². The Labute approximate surface area is 151 Å². The van der Waals surface area contributed by atoms with E-state index >= 15 is 0 Å². The summed E-state index contributed by atoms with van der Waals surface area (Å²) in [6.07, 6.45) is 1.48. The summed E-state index contributed by atoms with van der Waals surface area (Å²) in [6.45, 7) is 0. The van der Waals surface area contributed by atoms with Gasteiger partial charge in [-0.15, -0.1) is 0 Å². The highest BCUT2D eigenvalue weighted by Crippen LogP contribution is 2.10. The van der Waals surface area contributed by atoms with Crippen LogP contribution in [0.15, 0.2) is 54.6 Å². The number of aryl methyl sites for hydroxylation is 1. The Balaban J connectivity index is 0.000000260. The molecule has 0 aromatic heterocycles. The van der Waals surface area contributed by atoms with Crippen molar-refractivity contribution < 1.29 is 24.9 Å². The second-order valence-corrected chi connectivity index (χ2v) is 5.78. The van der Waals surface area contributed by atoms with E-state index in [1.54, 1.807) is 12.1 Å². The van der Waals surface area contributed by atoms with Crippen LogP contribution in [0.5, 0.6) is 5.75 Å². The number of benzene rings is 2. The van der Waals surface area contributed by atoms with Crippen molar-refractivity contribution in [3.63, 3.8) is 0 Å². The van der Waals surface area contributed by atoms with Gasteiger partial charge in [-0.3, -0.25) is 9.59 Å². The predicted octanol–water partition coefficient (Wildman–Crippen LogP) is 1.38. The van der Waals surface area contributed by atoms with E-state index in [2.05, 4.69) is 0 Å². The number of carboxylic acids is 2. The van der Waals surface area contributed by atoms with Crippen LogP contribution in [-0.2, 0) is 22.4 Å². The summed E-state index contributed by atoms with van der Waals surface area (Å²) < 4.78 is 0. The SMILES string of the molecule is N[C@@H](CCc1ccccc1)C(=O)O.N[C@@H](Cc1ccc(O)cc1)C(=O)O. The molecule has 0 aliphatic rings. The molecule has 26 heavy (non-hydrogen) atoms. The van der Waals surface area contributed by atoms with Gasteiger partial charge in [-0.2, -0.15) is 0 Å². The number of hydrogen-bond acceptors (Lipinski definition) is 5. The Morgan fingerprint density at radius 1 is 0.808 bits per heavy atom. The maximum Gasteiger partial charge on any atom is 0.320 e. The normalized spacial score (nSPS) is 12.4. The zero-order valence-electron chi connectivity index (χ0n) is 14.3. The lowest BCUT2D eigenvalue weighted by Gasteiger charge is -2.05. The lowest BCUT2D eigenvalue weighted by atomic mass is 10.1. The summed E-state index contributed by atoms with van der Waals surface area (Å²) in [5.74, 6) is -1.79. The Bertz CT molecular complexity index is 689. The molecule has 0 bridgehead atoms. The molecule has 0 amide bonds. The number of rotatable bonds is 7. The second kappa shape index (κ2) is 10.9. The zero-order chi connectivity index (χ0) is 19.5. The van der Waals surface area contributed by atoms with E-state index in [1.165, 1.54) is 12.1 Å². The van der Waals surface area contributed by atoms with E-state index in [4.69, 9.17) is 26.8 Å². The first kappa shape index (κ1) is 21.1. The number of hydrogen-bond donors (Lipinski definition) is 5. The molecule has 7 nitrogen and oxygen atoms in total. The molecule has 0 fully saturated rings. The molecule has 2 atom stereocenters. The fourth-order valence-electron chi connectivity index (χ4n) is 2.06. The number of phenols is 1. The number of nitrogens with two attached hydrogens (primary N) is 2. The van der Waals surface area contributed by atoms with Crippen LogP contribution in [0.2, 0.25) is 0 Å². The van der Waals surface area contributed by atoms with Crippen LogP contribution in [-0.4, -0.2) is 39.3 Å². The molecule has 0 unspecified atom stereocenters. The van der Waals surface area contributed by atoms with Crippen LogP contribution in [0.1, 0.15) is 17.5 Å². The first-order valence-electron chi connectivity index (χ1n) is 8.08. The quantitative estimate of drug-likeness (QED) is 0.501. The predicted molar refractivity (Wildman–Crippen MR) is 97.8 cm³/mol. The topological polar surface area (TPSA) is 147 Å². The van der Waals surface area contributed by atoms with Gasteiger partial charge in [0.15, 0.2) is 0 Å². The minimum Gasteiger partial charge on any atom is -0.508 e. The van der Waals surface area contributed by atoms with Crippen molar-refractivity contribution >= 4 is 11.9 Å². The first-order valence-corrected chi connectivity index (χ1v) is 8.08. The maximum absolute atomic E-state index is 10.4. The molecule has 0 spiro atoms. The van der Waals surface area contributed by atoms with Gasteiger partial charge in [-0.25, -0.2) is 0 Å². The Kier molecular flexibility index (Phi) is 8.83. The van der Waals surface area contributed by atoms with Crippen LogP contribution < -0.4 is 11.5 Å². The molecule has 0 heterocycles. The highest BCUT2D eigenvalue weighted by Gasteiger charge is 2.11. The van der Waals surface area contributed by atoms with Gasteiger partial charge in [-0.1, -0.05) is 42.5 Å². The molecule has 0 saturated heterocycles. The number of aliphatic carboxylic acids is 2. The summed E-state index contributed by atoms with van der Waals surface area (Å²) in [4.78, 5) is 20.8. The van der Waals surface area contributed by atoms with E-state index < -0.39 is 24.0 Å². The van der Waals surface area contributed by atoms with Crippen LogP contribution in [0.25, 0.3) is 0 Å². The first-order chi connectivity index (χ1) is 12.3. The Hall–Kier alpha value is -2.90. The average molecular weight is 360 g/mol. The van der Waals surface area contributed by atoms with Crippen LogP contribution >= 0.6 is 0 Å². The van der Waals surface area contributed by atoms with Crippen molar-refractivity contribution in [2.45, 2.75) is 31.3 Å². The van der Waals surface area contributed by atoms with Crippen LogP contribution in [0.4, 0.5) is 0 Å². The van der Waals surface area contributed by atoms with Gasteiger partial charge < -0.3 is 26.8 Å². The molecule has 0 aliphatic carbocycles. The molecular weight excluding hydrogens is 336 g/mol. The van der Waals surface area contributed by atoms with Crippen molar-refractivity contribution in [1.82, 2.24) is 0 Å². The van der Waals surface area contributed by atoms with Gasteiger partial charge in [0.25, 0.3) is 0 Å². The van der Waals surface area contributed by atoms with Gasteiger partial charge in [0, 0.05) is 0 Å². The van der Waals surface area contributed by atoms with Crippen molar-refractivity contribution in [2.24, 2.45) is 11.5 Å². The minimum absolute atomic E-state index is 0.160. The molecule has 140 valence electrons. The molecule has 0 saturated carbocycles. The molecule has 2 aromatic carbocycles. The van der Waals surface area contributed by atoms with Crippen molar-refractivity contribution in [3.05, 3.63) is 65.7 Å². The summed E-state index contributed by atoms with van der Waals surface area (Å²) in [6, 6.07) is 14.4. The monoisotopic (exact) mass is 360 g/mol. The van der Waals surface area contributed by atoms with Gasteiger partial charge >= 0.3 is 11.9 Å². The molecule has 2 rings (SSSR count). The Morgan fingerprint density at radius 3 is 1.85 bits per heavy atom. The van der Waals surface area contributed by atoms with E-state index in [9.17, 15) is 9.59 Å². The number of carbonyl (C=O) groups is 2. The summed E-state index contributed by atoms with van der Waals surface area (Å²) >= 11 is 0. The third kappa shape index (κ3) is 8.27. The highest BCUT2D eigenvalue weighted by molar-refractivity contribution is 5.73. The van der Waals surface area contributed by atoms with Crippen molar-refractivity contribution in [2.75, 3.05) is 0 Å². The lowest BCUT2D eigenvalue weighted by molar-refractivity contribution is -0.139. The Morgan fingerprint density at radius 2 is 1.35 bits per heavy atom. The molecule has 7 heteroatoms. The number of carboxylic acid groups (broad SMARTS) is 2. The summed E-state index contributed by atoms with van der Waals surface area (Å²) in [5.41, 5.74) is 12.6. The number of aromatic hydroxyl groups is 1. The third-order valence-corrected chi connectivity index (χ3v) is 3.61. The largest absolute Gasteiger partial charge is 0.508 e. The van der Waals surface area contributed by atoms with Crippen LogP contribution in [0.3, 0.4) is 0 Å². The number of phenolic OH excluding ortho intramolecular Hbond substituents is 1. The molecule has 7 N–H and O–H groups in total. The van der Waals surface area contributed by atoms with Gasteiger partial charge in [0.05, 0.1) is 0 Å². The van der Waals surface area contributed by atoms with E-state index in [0.29, 0.717) is 12.8 Å². The second-order valence-electron chi connectivity index (χ2n) is 5.78. The minimum atomic E-state index is -1.02. The maximum atomic E-state index is 10.4. The molecular formula is C19H24N2O5. The van der Waals surface area contributed by atoms with Crippen molar-refractivity contribution in [1.29, 1.82) is 0 Å². The molecule has 0 radical (unpaired) electrons. The van der Waals surface area contributed by atoms with E-state index in [-0.39, 0.29) is 12.2 Å². The average Bonchev–Trinajstić information content (AvgIpc) is 2.62. The van der Waals surface area contributed by atoms with E-state index in [0.717, 1.165) is 11.1 Å². The van der Waals surface area contributed by atoms with E-state index in [1.807, 2.05) is 30.3 Å². The van der Waals surface area contributed by atoms with Gasteiger partial charge in [0.2, 0.25) is 0 Å². The van der Waals surface area contributed by atoms with Gasteiger partial charge in [0.1, 0.15) is 17.8 Å². The highest BCUT2D eigenvalue weighted by atomic mass is 16.4. The summed E-state index contributed by atoms with van der Waals surface area (Å²) in [7, 11) is 0. The lowest BCUT2D eigenvalue weighted by Crippen LogP contribution is -2.32. The fourth-order valence-corrected chi connectivity index (χ4v) is 2.06. The van der Waals surface area contributed by atoms with Crippen molar-refractivity contribution in [3.8, 4) is 5.75 Å². The van der Waals surface area contributed by atoms with Crippen LogP contribution in [0, 0.1) is 0 Å². The standard InChI is InChI=1S/C10H13NO2.C9H11NO3/c11-9(10(12)13)7-6-8-4-2-1-3-5-8;10-8(9(12)13)5-6-1-3-7(11)4-2-6/h1-5,9H,6-7,11H2,(H,12,13);1-4,8,11H,5,10H2,(H,12,13)/t9-;8-/m00/s1. The molecule has 0 aliphatic heterocycles. The zero-order valence-corrected chi connectivity index (χ0v) is 14.3. The fraction of sp³-hybridized carbons (Fsp3) is 0.263.